The van der Waals surface area contributed by atoms with Crippen LogP contribution in [0.25, 0.3) is 110 Å². The van der Waals surface area contributed by atoms with Crippen LogP contribution in [0.5, 0.6) is 0 Å². The van der Waals surface area contributed by atoms with Gasteiger partial charge in [0, 0.05) is 33.3 Å². The average molecular weight is 737 g/mol. The SMILES string of the molecule is c1ccc(-c2c(-c3ccccc3)n(-c3cc4ccc5cc(-n6c(-c7ccccc7)c(-c7ccccc7)c7ccccc76)cc6ccc(c3)c4c56)c3ccccc23)cc1. The van der Waals surface area contributed by atoms with Crippen molar-refractivity contribution in [3.05, 3.63) is 218 Å². The van der Waals surface area contributed by atoms with Gasteiger partial charge >= 0.3 is 0 Å². The molecule has 0 radical (unpaired) electrons. The molecular formula is C56H36N2. The second kappa shape index (κ2) is 12.9. The Bertz CT molecular complexity index is 3170. The predicted octanol–water partition coefficient (Wildman–Crippen LogP) is 15.1. The van der Waals surface area contributed by atoms with E-state index in [0.717, 1.165) is 11.4 Å². The van der Waals surface area contributed by atoms with Crippen LogP contribution in [0, 0.1) is 0 Å². The summed E-state index contributed by atoms with van der Waals surface area (Å²) in [7, 11) is 0. The normalized spacial score (nSPS) is 11.8. The van der Waals surface area contributed by atoms with Crippen molar-refractivity contribution >= 4 is 54.1 Å². The zero-order valence-corrected chi connectivity index (χ0v) is 31.7. The van der Waals surface area contributed by atoms with Crippen LogP contribution in [-0.2, 0) is 0 Å². The molecule has 2 heterocycles. The van der Waals surface area contributed by atoms with E-state index in [1.807, 2.05) is 0 Å². The fourth-order valence-corrected chi connectivity index (χ4v) is 9.61. The van der Waals surface area contributed by atoms with E-state index in [1.165, 1.54) is 98.9 Å². The summed E-state index contributed by atoms with van der Waals surface area (Å²) in [6.07, 6.45) is 0. The molecule has 0 bridgehead atoms. The molecule has 58 heavy (non-hydrogen) atoms. The Hall–Kier alpha value is -7.68. The van der Waals surface area contributed by atoms with Crippen LogP contribution >= 0.6 is 0 Å². The van der Waals surface area contributed by atoms with Crippen LogP contribution in [-0.4, -0.2) is 9.13 Å². The Labute approximate surface area is 336 Å². The van der Waals surface area contributed by atoms with Gasteiger partial charge in [0.15, 0.2) is 0 Å². The van der Waals surface area contributed by atoms with Crippen molar-refractivity contribution in [2.45, 2.75) is 0 Å². The van der Waals surface area contributed by atoms with Gasteiger partial charge in [-0.15, -0.1) is 0 Å². The van der Waals surface area contributed by atoms with Crippen LogP contribution in [0.4, 0.5) is 0 Å². The number of fused-ring (bicyclic) bond motifs is 2. The lowest BCUT2D eigenvalue weighted by Crippen LogP contribution is -2.00. The second-order valence-corrected chi connectivity index (χ2v) is 15.3. The molecule has 0 fully saturated rings. The number of aromatic nitrogens is 2. The van der Waals surface area contributed by atoms with E-state index in [4.69, 9.17) is 0 Å². The van der Waals surface area contributed by atoms with E-state index < -0.39 is 0 Å². The standard InChI is InChI=1S/C56H36N2/c1-5-17-37(18-6-1)53-47-25-13-15-27-49(47)57(55(53)39-21-9-3-10-22-39)45-33-41-29-31-43-35-46(36-44-32-30-42(34-45)51(41)52(43)44)58-50-28-16-14-26-48(50)54(38-19-7-2-8-20-38)56(58)40-23-11-4-12-24-40/h1-36H. The zero-order chi connectivity index (χ0) is 38.2. The first-order valence-electron chi connectivity index (χ1n) is 20.0. The van der Waals surface area contributed by atoms with E-state index in [2.05, 4.69) is 228 Å². The molecule has 0 amide bonds. The molecule has 0 unspecified atom stereocenters. The van der Waals surface area contributed by atoms with Gasteiger partial charge in [0.05, 0.1) is 22.4 Å². The summed E-state index contributed by atoms with van der Waals surface area (Å²) in [6, 6.07) is 79.9. The van der Waals surface area contributed by atoms with Crippen molar-refractivity contribution in [1.29, 1.82) is 0 Å². The quantitative estimate of drug-likeness (QED) is 0.150. The molecular weight excluding hydrogens is 701 g/mol. The Morgan fingerprint density at radius 2 is 0.552 bits per heavy atom. The highest BCUT2D eigenvalue weighted by atomic mass is 15.0. The number of para-hydroxylation sites is 2. The average Bonchev–Trinajstić information content (AvgIpc) is 3.83. The Morgan fingerprint density at radius 1 is 0.259 bits per heavy atom. The smallest absolute Gasteiger partial charge is 0.0619 e. The van der Waals surface area contributed by atoms with E-state index >= 15 is 0 Å². The van der Waals surface area contributed by atoms with Crippen LogP contribution in [0.3, 0.4) is 0 Å². The third-order valence-electron chi connectivity index (χ3n) is 12.0. The first-order chi connectivity index (χ1) is 28.8. The lowest BCUT2D eigenvalue weighted by molar-refractivity contribution is 1.14. The summed E-state index contributed by atoms with van der Waals surface area (Å²) >= 11 is 0. The lowest BCUT2D eigenvalue weighted by Gasteiger charge is -2.18. The molecule has 0 aliphatic rings. The topological polar surface area (TPSA) is 9.86 Å². The first-order valence-corrected chi connectivity index (χ1v) is 20.0. The highest BCUT2D eigenvalue weighted by Gasteiger charge is 2.24. The van der Waals surface area contributed by atoms with Gasteiger partial charge in [-0.05, 0) is 91.0 Å². The van der Waals surface area contributed by atoms with Gasteiger partial charge in [-0.25, -0.2) is 0 Å². The van der Waals surface area contributed by atoms with E-state index in [0.29, 0.717) is 0 Å². The predicted molar refractivity (Wildman–Crippen MR) is 246 cm³/mol. The number of benzene rings is 10. The second-order valence-electron chi connectivity index (χ2n) is 15.3. The molecule has 0 aliphatic carbocycles. The molecule has 0 aliphatic heterocycles. The van der Waals surface area contributed by atoms with Gasteiger partial charge in [-0.3, -0.25) is 0 Å². The summed E-state index contributed by atoms with van der Waals surface area (Å²) in [4.78, 5) is 0. The lowest BCUT2D eigenvalue weighted by atomic mass is 9.93. The maximum atomic E-state index is 2.48. The molecule has 2 aromatic heterocycles. The fraction of sp³-hybridized carbons (Fsp3) is 0. The van der Waals surface area contributed by atoms with Gasteiger partial charge in [0.1, 0.15) is 0 Å². The molecule has 0 saturated carbocycles. The highest BCUT2D eigenvalue weighted by molar-refractivity contribution is 6.24. The number of hydrogen-bond donors (Lipinski definition) is 0. The number of rotatable bonds is 6. The molecule has 0 saturated heterocycles. The van der Waals surface area contributed by atoms with Crippen molar-refractivity contribution in [2.75, 3.05) is 0 Å². The van der Waals surface area contributed by atoms with Crippen molar-refractivity contribution in [3.8, 4) is 56.1 Å². The summed E-state index contributed by atoms with van der Waals surface area (Å²) in [5, 5.41) is 10.0. The number of nitrogens with zero attached hydrogens (tertiary/aromatic N) is 2. The van der Waals surface area contributed by atoms with Crippen LogP contribution in [0.1, 0.15) is 0 Å². The van der Waals surface area contributed by atoms with Gasteiger partial charge in [0.25, 0.3) is 0 Å². The van der Waals surface area contributed by atoms with Crippen molar-refractivity contribution in [1.82, 2.24) is 9.13 Å². The molecule has 0 spiro atoms. The maximum Gasteiger partial charge on any atom is 0.0619 e. The molecule has 270 valence electrons. The van der Waals surface area contributed by atoms with Crippen molar-refractivity contribution in [2.24, 2.45) is 0 Å². The van der Waals surface area contributed by atoms with Gasteiger partial charge in [-0.2, -0.15) is 0 Å². The zero-order valence-electron chi connectivity index (χ0n) is 31.7. The van der Waals surface area contributed by atoms with Gasteiger partial charge in [-0.1, -0.05) is 182 Å². The molecule has 10 aromatic carbocycles. The minimum atomic E-state index is 1.16. The number of hydrogen-bond acceptors (Lipinski definition) is 0. The van der Waals surface area contributed by atoms with E-state index in [9.17, 15) is 0 Å². The first kappa shape index (κ1) is 32.6. The van der Waals surface area contributed by atoms with Crippen LogP contribution in [0.15, 0.2) is 218 Å². The molecule has 2 nitrogen and oxygen atoms in total. The Balaban J connectivity index is 1.10. The third-order valence-corrected chi connectivity index (χ3v) is 12.0. The van der Waals surface area contributed by atoms with E-state index in [1.54, 1.807) is 0 Å². The maximum absolute atomic E-state index is 2.48. The Kier molecular flexibility index (Phi) is 7.26. The minimum absolute atomic E-state index is 1.16. The molecule has 12 rings (SSSR count). The summed E-state index contributed by atoms with van der Waals surface area (Å²) in [5.74, 6) is 0. The molecule has 0 N–H and O–H groups in total. The highest BCUT2D eigenvalue weighted by Crippen LogP contribution is 2.46. The molecule has 0 atom stereocenters. The van der Waals surface area contributed by atoms with Crippen LogP contribution < -0.4 is 0 Å². The summed E-state index contributed by atoms with van der Waals surface area (Å²) < 4.78 is 4.96. The van der Waals surface area contributed by atoms with E-state index in [-0.39, 0.29) is 0 Å². The van der Waals surface area contributed by atoms with Crippen LogP contribution in [0.2, 0.25) is 0 Å². The fourth-order valence-electron chi connectivity index (χ4n) is 9.61. The minimum Gasteiger partial charge on any atom is -0.309 e. The molecule has 12 aromatic rings. The van der Waals surface area contributed by atoms with Crippen molar-refractivity contribution < 1.29 is 0 Å². The van der Waals surface area contributed by atoms with Gasteiger partial charge in [0.2, 0.25) is 0 Å². The summed E-state index contributed by atoms with van der Waals surface area (Å²) in [6.45, 7) is 0. The largest absolute Gasteiger partial charge is 0.309 e. The monoisotopic (exact) mass is 736 g/mol. The third kappa shape index (κ3) is 4.92. The Morgan fingerprint density at radius 3 is 0.897 bits per heavy atom. The molecule has 2 heteroatoms. The van der Waals surface area contributed by atoms with Crippen molar-refractivity contribution in [3.63, 3.8) is 0 Å². The van der Waals surface area contributed by atoms with Gasteiger partial charge < -0.3 is 9.13 Å². The summed E-state index contributed by atoms with van der Waals surface area (Å²) in [5.41, 5.74) is 14.4.